The molecule has 3 atom stereocenters. The first kappa shape index (κ1) is 13.7. The van der Waals surface area contributed by atoms with E-state index in [-0.39, 0.29) is 23.2 Å². The highest BCUT2D eigenvalue weighted by atomic mass is 32.2. The molecule has 0 N–H and O–H groups in total. The summed E-state index contributed by atoms with van der Waals surface area (Å²) in [7, 11) is -3.10. The zero-order chi connectivity index (χ0) is 14.6. The van der Waals surface area contributed by atoms with Crippen molar-refractivity contribution in [2.75, 3.05) is 19.7 Å². The molecule has 21 heavy (non-hydrogen) atoms. The molecule has 1 aromatic heterocycles. The van der Waals surface area contributed by atoms with Crippen molar-refractivity contribution in [1.29, 1.82) is 0 Å². The van der Waals surface area contributed by atoms with E-state index in [0.29, 0.717) is 37.8 Å². The summed E-state index contributed by atoms with van der Waals surface area (Å²) < 4.78 is 37.2. The van der Waals surface area contributed by atoms with Gasteiger partial charge in [-0.15, -0.1) is 0 Å². The third-order valence-corrected chi connectivity index (χ3v) is 7.05. The minimum absolute atomic E-state index is 0.0209. The largest absolute Gasteiger partial charge is 0.376 e. The van der Waals surface area contributed by atoms with Gasteiger partial charge < -0.3 is 9.26 Å². The Hall–Kier alpha value is -0.990. The fourth-order valence-corrected chi connectivity index (χ4v) is 5.29. The van der Waals surface area contributed by atoms with Crippen LogP contribution < -0.4 is 0 Å². The quantitative estimate of drug-likeness (QED) is 0.798. The van der Waals surface area contributed by atoms with E-state index in [1.807, 2.05) is 0 Å². The Labute approximate surface area is 123 Å². The fraction of sp³-hybridized carbons (Fsp3) is 0.846. The van der Waals surface area contributed by atoms with Crippen LogP contribution >= 0.6 is 0 Å². The molecule has 0 unspecified atom stereocenters. The lowest BCUT2D eigenvalue weighted by Crippen LogP contribution is -2.34. The van der Waals surface area contributed by atoms with E-state index in [2.05, 4.69) is 10.1 Å². The highest BCUT2D eigenvalue weighted by Crippen LogP contribution is 2.40. The van der Waals surface area contributed by atoms with Crippen molar-refractivity contribution in [2.45, 2.75) is 37.5 Å². The smallest absolute Gasteiger partial charge is 0.227 e. The van der Waals surface area contributed by atoms with Crippen LogP contribution in [0.5, 0.6) is 0 Å². The Balaban J connectivity index is 1.46. The molecule has 1 saturated carbocycles. The second-order valence-corrected chi connectivity index (χ2v) is 8.51. The number of sulfonamides is 1. The molecule has 4 rings (SSSR count). The maximum absolute atomic E-state index is 12.3. The second-order valence-electron chi connectivity index (χ2n) is 6.30. The van der Waals surface area contributed by atoms with Crippen LogP contribution in [0, 0.1) is 18.8 Å². The molecule has 8 heteroatoms. The fourth-order valence-electron chi connectivity index (χ4n) is 3.41. The predicted molar refractivity (Wildman–Crippen MR) is 73.0 cm³/mol. The van der Waals surface area contributed by atoms with Gasteiger partial charge in [0.25, 0.3) is 0 Å². The summed E-state index contributed by atoms with van der Waals surface area (Å²) in [6, 6.07) is 0. The van der Waals surface area contributed by atoms with Gasteiger partial charge in [-0.2, -0.15) is 9.29 Å². The summed E-state index contributed by atoms with van der Waals surface area (Å²) in [5, 5.41) is 3.65. The molecule has 2 aliphatic heterocycles. The molecule has 0 radical (unpaired) electrons. The molecule has 3 fully saturated rings. The van der Waals surface area contributed by atoms with Crippen molar-refractivity contribution < 1.29 is 17.7 Å². The number of aromatic nitrogens is 2. The first-order chi connectivity index (χ1) is 10.0. The minimum atomic E-state index is -3.10. The van der Waals surface area contributed by atoms with Crippen LogP contribution in [0.15, 0.2) is 4.52 Å². The number of hydrogen-bond donors (Lipinski definition) is 0. The van der Waals surface area contributed by atoms with Crippen LogP contribution in [0.2, 0.25) is 0 Å². The van der Waals surface area contributed by atoms with E-state index in [9.17, 15) is 8.42 Å². The van der Waals surface area contributed by atoms with E-state index in [1.165, 1.54) is 0 Å². The van der Waals surface area contributed by atoms with Gasteiger partial charge in [0.05, 0.1) is 18.0 Å². The van der Waals surface area contributed by atoms with E-state index in [4.69, 9.17) is 9.26 Å². The van der Waals surface area contributed by atoms with E-state index in [1.54, 1.807) is 11.2 Å². The molecule has 3 aliphatic rings. The van der Waals surface area contributed by atoms with Gasteiger partial charge in [-0.05, 0) is 25.7 Å². The lowest BCUT2D eigenvalue weighted by atomic mass is 9.90. The van der Waals surface area contributed by atoms with E-state index in [0.717, 1.165) is 12.8 Å². The summed E-state index contributed by atoms with van der Waals surface area (Å²) >= 11 is 0. The zero-order valence-electron chi connectivity index (χ0n) is 11.9. The van der Waals surface area contributed by atoms with Gasteiger partial charge in [0.2, 0.25) is 15.9 Å². The number of ether oxygens (including phenoxy) is 1. The molecule has 0 amide bonds. The van der Waals surface area contributed by atoms with Crippen LogP contribution in [0.4, 0.5) is 0 Å². The molecular formula is C13H19N3O4S. The molecule has 2 saturated heterocycles. The summed E-state index contributed by atoms with van der Waals surface area (Å²) in [6.07, 6.45) is 2.30. The average Bonchev–Trinajstić information content (AvgIpc) is 2.94. The highest BCUT2D eigenvalue weighted by Gasteiger charge is 2.50. The van der Waals surface area contributed by atoms with Gasteiger partial charge in [0.1, 0.15) is 0 Å². The Morgan fingerprint density at radius 2 is 2.14 bits per heavy atom. The summed E-state index contributed by atoms with van der Waals surface area (Å²) in [5.41, 5.74) is 0. The van der Waals surface area contributed by atoms with Crippen molar-refractivity contribution in [3.05, 3.63) is 11.7 Å². The normalized spacial score (nSPS) is 33.5. The molecule has 0 bridgehead atoms. The topological polar surface area (TPSA) is 85.5 Å². The third kappa shape index (κ3) is 2.39. The zero-order valence-corrected chi connectivity index (χ0v) is 12.8. The SMILES string of the molecule is Cc1noc(C[C@@H]2CO[C@H]3CN(S(=O)(=O)C4CC4)C[C@@H]23)n1. The lowest BCUT2D eigenvalue weighted by molar-refractivity contribution is 0.103. The van der Waals surface area contributed by atoms with Crippen LogP contribution in [-0.2, 0) is 21.2 Å². The highest BCUT2D eigenvalue weighted by molar-refractivity contribution is 7.90. The first-order valence-electron chi connectivity index (χ1n) is 7.44. The molecule has 1 aromatic rings. The maximum Gasteiger partial charge on any atom is 0.227 e. The summed E-state index contributed by atoms with van der Waals surface area (Å²) in [5.74, 6) is 1.75. The molecule has 0 aromatic carbocycles. The van der Waals surface area contributed by atoms with Gasteiger partial charge in [-0.3, -0.25) is 0 Å². The van der Waals surface area contributed by atoms with Gasteiger partial charge in [-0.1, -0.05) is 5.16 Å². The van der Waals surface area contributed by atoms with E-state index >= 15 is 0 Å². The van der Waals surface area contributed by atoms with Crippen molar-refractivity contribution in [3.8, 4) is 0 Å². The summed E-state index contributed by atoms with van der Waals surface area (Å²) in [4.78, 5) is 4.23. The predicted octanol–water partition coefficient (Wildman–Crippen LogP) is 0.360. The number of fused-ring (bicyclic) bond motifs is 1. The Morgan fingerprint density at radius 3 is 2.81 bits per heavy atom. The average molecular weight is 313 g/mol. The maximum atomic E-state index is 12.3. The van der Waals surface area contributed by atoms with Crippen molar-refractivity contribution in [1.82, 2.24) is 14.4 Å². The standard InChI is InChI=1S/C13H19N3O4S/c1-8-14-13(20-15-8)4-9-7-19-12-6-16(5-11(9)12)21(17,18)10-2-3-10/h9-12H,2-7H2,1H3/t9-,11+,12+/m1/s1. The van der Waals surface area contributed by atoms with Crippen LogP contribution in [0.1, 0.15) is 24.6 Å². The Kier molecular flexibility index (Phi) is 3.09. The van der Waals surface area contributed by atoms with Gasteiger partial charge in [0.15, 0.2) is 5.82 Å². The van der Waals surface area contributed by atoms with Crippen molar-refractivity contribution in [2.24, 2.45) is 11.8 Å². The Bertz CT molecular complexity index is 640. The van der Waals surface area contributed by atoms with Crippen molar-refractivity contribution in [3.63, 3.8) is 0 Å². The van der Waals surface area contributed by atoms with Crippen LogP contribution in [0.25, 0.3) is 0 Å². The van der Waals surface area contributed by atoms with Gasteiger partial charge in [-0.25, -0.2) is 8.42 Å². The number of aryl methyl sites for hydroxylation is 1. The van der Waals surface area contributed by atoms with Crippen molar-refractivity contribution >= 4 is 10.0 Å². The third-order valence-electron chi connectivity index (χ3n) is 4.72. The first-order valence-corrected chi connectivity index (χ1v) is 8.94. The molecule has 116 valence electrons. The summed E-state index contributed by atoms with van der Waals surface area (Å²) in [6.45, 7) is 3.51. The van der Waals surface area contributed by atoms with Crippen LogP contribution in [0.3, 0.4) is 0 Å². The lowest BCUT2D eigenvalue weighted by Gasteiger charge is -2.18. The second kappa shape index (κ2) is 4.76. The molecule has 1 aliphatic carbocycles. The molecule has 7 nitrogen and oxygen atoms in total. The van der Waals surface area contributed by atoms with Gasteiger partial charge in [0, 0.05) is 25.4 Å². The Morgan fingerprint density at radius 1 is 1.33 bits per heavy atom. The number of rotatable bonds is 4. The number of nitrogens with zero attached hydrogens (tertiary/aromatic N) is 3. The molecular weight excluding hydrogens is 294 g/mol. The minimum Gasteiger partial charge on any atom is -0.376 e. The monoisotopic (exact) mass is 313 g/mol. The van der Waals surface area contributed by atoms with Gasteiger partial charge >= 0.3 is 0 Å². The number of hydrogen-bond acceptors (Lipinski definition) is 6. The van der Waals surface area contributed by atoms with E-state index < -0.39 is 10.0 Å². The van der Waals surface area contributed by atoms with Crippen LogP contribution in [-0.4, -0.2) is 53.9 Å². The molecule has 3 heterocycles. The molecule has 0 spiro atoms.